The number of aryl methyl sites for hydroxylation is 2. The van der Waals surface area contributed by atoms with Crippen LogP contribution < -0.4 is 16.0 Å². The molecule has 0 fully saturated rings. The Hall–Kier alpha value is -4.06. The highest BCUT2D eigenvalue weighted by Crippen LogP contribution is 2.38. The zero-order valence-electron chi connectivity index (χ0n) is 19.2. The number of rotatable bonds is 5. The van der Waals surface area contributed by atoms with Crippen LogP contribution in [-0.2, 0) is 9.59 Å². The monoisotopic (exact) mass is 440 g/mol. The van der Waals surface area contributed by atoms with Crippen LogP contribution in [0.4, 0.5) is 11.4 Å². The van der Waals surface area contributed by atoms with Crippen molar-refractivity contribution in [3.8, 4) is 0 Å². The molecule has 6 heteroatoms. The summed E-state index contributed by atoms with van der Waals surface area (Å²) in [5.41, 5.74) is 6.62. The van der Waals surface area contributed by atoms with Gasteiger partial charge in [0.05, 0.1) is 5.92 Å². The molecule has 2 heterocycles. The SMILES string of the molecule is CC1=C(C(=O)Nc2ccccc2C)C(c2ccc[nH]2)C(C(=O)Nc2ccccc2C)=C(C)N1. The number of dihydropyridines is 1. The molecule has 1 aliphatic rings. The maximum Gasteiger partial charge on any atom is 0.254 e. The summed E-state index contributed by atoms with van der Waals surface area (Å²) >= 11 is 0. The largest absolute Gasteiger partial charge is 0.364 e. The maximum atomic E-state index is 13.5. The first-order valence-electron chi connectivity index (χ1n) is 10.9. The molecule has 3 aromatic rings. The van der Waals surface area contributed by atoms with Gasteiger partial charge in [-0.05, 0) is 63.1 Å². The van der Waals surface area contributed by atoms with Crippen molar-refractivity contribution in [3.63, 3.8) is 0 Å². The molecule has 0 unspecified atom stereocenters. The van der Waals surface area contributed by atoms with Crippen molar-refractivity contribution in [2.24, 2.45) is 0 Å². The summed E-state index contributed by atoms with van der Waals surface area (Å²) in [5, 5.41) is 9.32. The molecule has 1 aliphatic heterocycles. The molecule has 4 rings (SSSR count). The number of para-hydroxylation sites is 2. The summed E-state index contributed by atoms with van der Waals surface area (Å²) < 4.78 is 0. The molecule has 0 aliphatic carbocycles. The van der Waals surface area contributed by atoms with E-state index in [0.29, 0.717) is 22.5 Å². The average Bonchev–Trinajstić information content (AvgIpc) is 3.31. The molecule has 0 saturated heterocycles. The second-order valence-corrected chi connectivity index (χ2v) is 8.30. The first-order valence-corrected chi connectivity index (χ1v) is 10.9. The van der Waals surface area contributed by atoms with E-state index in [1.807, 2.05) is 88.4 Å². The number of amides is 2. The van der Waals surface area contributed by atoms with E-state index >= 15 is 0 Å². The van der Waals surface area contributed by atoms with Gasteiger partial charge in [0.25, 0.3) is 11.8 Å². The van der Waals surface area contributed by atoms with E-state index < -0.39 is 5.92 Å². The van der Waals surface area contributed by atoms with Gasteiger partial charge in [0.15, 0.2) is 0 Å². The van der Waals surface area contributed by atoms with Gasteiger partial charge in [-0.15, -0.1) is 0 Å². The lowest BCUT2D eigenvalue weighted by Gasteiger charge is -2.31. The van der Waals surface area contributed by atoms with Gasteiger partial charge in [0.1, 0.15) is 0 Å². The van der Waals surface area contributed by atoms with Gasteiger partial charge in [0.2, 0.25) is 0 Å². The van der Waals surface area contributed by atoms with Crippen LogP contribution in [0.1, 0.15) is 36.6 Å². The lowest BCUT2D eigenvalue weighted by molar-refractivity contribution is -0.113. The number of aromatic amines is 1. The molecule has 0 bridgehead atoms. The summed E-state index contributed by atoms with van der Waals surface area (Å²) in [7, 11) is 0. The molecule has 2 amide bonds. The molecule has 33 heavy (non-hydrogen) atoms. The third kappa shape index (κ3) is 4.46. The zero-order valence-corrected chi connectivity index (χ0v) is 19.2. The van der Waals surface area contributed by atoms with E-state index in [9.17, 15) is 9.59 Å². The predicted molar refractivity (Wildman–Crippen MR) is 132 cm³/mol. The average molecular weight is 441 g/mol. The molecule has 0 saturated carbocycles. The summed E-state index contributed by atoms with van der Waals surface area (Å²) in [6, 6.07) is 19.0. The number of aromatic nitrogens is 1. The Bertz CT molecular complexity index is 1190. The molecule has 0 atom stereocenters. The highest BCUT2D eigenvalue weighted by molar-refractivity contribution is 6.12. The Balaban J connectivity index is 1.73. The maximum absolute atomic E-state index is 13.5. The number of anilines is 2. The minimum absolute atomic E-state index is 0.248. The van der Waals surface area contributed by atoms with Gasteiger partial charge in [0, 0.05) is 45.8 Å². The highest BCUT2D eigenvalue weighted by atomic mass is 16.2. The van der Waals surface area contributed by atoms with E-state index in [2.05, 4.69) is 20.9 Å². The van der Waals surface area contributed by atoms with Gasteiger partial charge < -0.3 is 20.9 Å². The molecule has 0 radical (unpaired) electrons. The lowest BCUT2D eigenvalue weighted by Crippen LogP contribution is -2.35. The van der Waals surface area contributed by atoms with Crippen LogP contribution in [0.25, 0.3) is 0 Å². The van der Waals surface area contributed by atoms with Crippen molar-refractivity contribution in [1.82, 2.24) is 10.3 Å². The zero-order chi connectivity index (χ0) is 23.5. The van der Waals surface area contributed by atoms with E-state index in [4.69, 9.17) is 0 Å². The topological polar surface area (TPSA) is 86.0 Å². The Morgan fingerprint density at radius 2 is 1.18 bits per heavy atom. The third-order valence-electron chi connectivity index (χ3n) is 5.97. The molecule has 1 aromatic heterocycles. The van der Waals surface area contributed by atoms with Crippen molar-refractivity contribution in [2.45, 2.75) is 33.6 Å². The fourth-order valence-electron chi connectivity index (χ4n) is 4.24. The fraction of sp³-hybridized carbons (Fsp3) is 0.185. The van der Waals surface area contributed by atoms with Crippen LogP contribution in [0.15, 0.2) is 89.4 Å². The van der Waals surface area contributed by atoms with E-state index in [-0.39, 0.29) is 11.8 Å². The van der Waals surface area contributed by atoms with Gasteiger partial charge in [-0.2, -0.15) is 0 Å². The van der Waals surface area contributed by atoms with Crippen molar-refractivity contribution in [2.75, 3.05) is 10.6 Å². The van der Waals surface area contributed by atoms with E-state index in [0.717, 1.165) is 28.2 Å². The number of carbonyl (C=O) groups excluding carboxylic acids is 2. The van der Waals surface area contributed by atoms with E-state index in [1.165, 1.54) is 0 Å². The molecular formula is C27H28N4O2. The molecule has 168 valence electrons. The number of carbonyl (C=O) groups is 2. The minimum atomic E-state index is -0.547. The van der Waals surface area contributed by atoms with E-state index in [1.54, 1.807) is 6.20 Å². The van der Waals surface area contributed by atoms with Crippen molar-refractivity contribution >= 4 is 23.2 Å². The lowest BCUT2D eigenvalue weighted by atomic mass is 9.82. The Morgan fingerprint density at radius 1 is 0.697 bits per heavy atom. The predicted octanol–water partition coefficient (Wildman–Crippen LogP) is 5.14. The van der Waals surface area contributed by atoms with Crippen LogP contribution in [0.5, 0.6) is 0 Å². The van der Waals surface area contributed by atoms with Crippen LogP contribution >= 0.6 is 0 Å². The minimum Gasteiger partial charge on any atom is -0.364 e. The molecular weight excluding hydrogens is 412 g/mol. The quantitative estimate of drug-likeness (QED) is 0.443. The molecule has 4 N–H and O–H groups in total. The first-order chi connectivity index (χ1) is 15.9. The molecule has 0 spiro atoms. The molecule has 2 aromatic carbocycles. The summed E-state index contributed by atoms with van der Waals surface area (Å²) in [6.07, 6.45) is 1.80. The number of H-pyrrole nitrogens is 1. The Labute approximate surface area is 193 Å². The summed E-state index contributed by atoms with van der Waals surface area (Å²) in [4.78, 5) is 30.3. The fourth-order valence-corrected chi connectivity index (χ4v) is 4.24. The summed E-state index contributed by atoms with van der Waals surface area (Å²) in [5.74, 6) is -1.04. The van der Waals surface area contributed by atoms with Crippen LogP contribution in [-0.4, -0.2) is 16.8 Å². The van der Waals surface area contributed by atoms with Crippen molar-refractivity contribution < 1.29 is 9.59 Å². The van der Waals surface area contributed by atoms with Gasteiger partial charge >= 0.3 is 0 Å². The first kappa shape index (κ1) is 22.1. The number of hydrogen-bond donors (Lipinski definition) is 4. The number of nitrogens with one attached hydrogen (secondary N) is 4. The smallest absolute Gasteiger partial charge is 0.254 e. The second kappa shape index (κ2) is 9.20. The summed E-state index contributed by atoms with van der Waals surface area (Å²) in [6.45, 7) is 7.62. The normalized spacial score (nSPS) is 14.2. The number of hydrogen-bond acceptors (Lipinski definition) is 3. The van der Waals surface area contributed by atoms with Crippen LogP contribution in [0.3, 0.4) is 0 Å². The van der Waals surface area contributed by atoms with Gasteiger partial charge in [-0.1, -0.05) is 36.4 Å². The van der Waals surface area contributed by atoms with Crippen LogP contribution in [0.2, 0.25) is 0 Å². The van der Waals surface area contributed by atoms with Gasteiger partial charge in [-0.3, -0.25) is 9.59 Å². The second-order valence-electron chi connectivity index (χ2n) is 8.30. The Morgan fingerprint density at radius 3 is 1.61 bits per heavy atom. The van der Waals surface area contributed by atoms with Crippen LogP contribution in [0, 0.1) is 13.8 Å². The highest BCUT2D eigenvalue weighted by Gasteiger charge is 2.37. The van der Waals surface area contributed by atoms with Crippen molar-refractivity contribution in [3.05, 3.63) is 106 Å². The van der Waals surface area contributed by atoms with Gasteiger partial charge in [-0.25, -0.2) is 0 Å². The standard InChI is InChI=1S/C27H28N4O2/c1-16-10-5-7-12-20(16)30-26(32)23-18(3)29-19(4)24(25(23)22-14-9-15-28-22)27(33)31-21-13-8-6-11-17(21)2/h5-15,25,28-29H,1-4H3,(H,30,32)(H,31,33). The number of benzene rings is 2. The Kier molecular flexibility index (Phi) is 6.18. The third-order valence-corrected chi connectivity index (χ3v) is 5.97. The molecule has 6 nitrogen and oxygen atoms in total. The number of allylic oxidation sites excluding steroid dienone is 2. The van der Waals surface area contributed by atoms with Crippen molar-refractivity contribution in [1.29, 1.82) is 0 Å².